The van der Waals surface area contributed by atoms with Gasteiger partial charge in [0.2, 0.25) is 5.91 Å². The Balaban J connectivity index is 2.18. The van der Waals surface area contributed by atoms with Gasteiger partial charge in [0.05, 0.1) is 5.69 Å². The predicted octanol–water partition coefficient (Wildman–Crippen LogP) is 3.57. The molecule has 4 heteroatoms. The van der Waals surface area contributed by atoms with Crippen LogP contribution in [0.3, 0.4) is 0 Å². The monoisotopic (exact) mass is 285 g/mol. The van der Waals surface area contributed by atoms with E-state index in [0.29, 0.717) is 5.92 Å². The number of anilines is 1. The molecule has 1 N–H and O–H groups in total. The van der Waals surface area contributed by atoms with Crippen LogP contribution in [-0.4, -0.2) is 15.7 Å². The van der Waals surface area contributed by atoms with Crippen LogP contribution in [0, 0.1) is 20.8 Å². The third kappa shape index (κ3) is 3.51. The standard InChI is InChI=1S/C17H23N3O/c1-11(2)15-8-6-7-12(3)17(15)18-16(21)10-20-14(5)9-13(4)19-20/h6-9,11H,10H2,1-5H3,(H,18,21). The molecule has 0 fully saturated rings. The molecule has 2 rings (SSSR count). The van der Waals surface area contributed by atoms with Crippen molar-refractivity contribution in [2.75, 3.05) is 5.32 Å². The molecule has 0 saturated heterocycles. The number of rotatable bonds is 4. The molecule has 112 valence electrons. The number of carbonyl (C=O) groups excluding carboxylic acids is 1. The molecule has 4 nitrogen and oxygen atoms in total. The Morgan fingerprint density at radius 2 is 2.00 bits per heavy atom. The second-order valence-electron chi connectivity index (χ2n) is 5.83. The van der Waals surface area contributed by atoms with Gasteiger partial charge in [0, 0.05) is 11.4 Å². The summed E-state index contributed by atoms with van der Waals surface area (Å²) in [6, 6.07) is 8.09. The van der Waals surface area contributed by atoms with E-state index in [9.17, 15) is 4.79 Å². The lowest BCUT2D eigenvalue weighted by Crippen LogP contribution is -2.21. The maximum Gasteiger partial charge on any atom is 0.246 e. The van der Waals surface area contributed by atoms with E-state index in [-0.39, 0.29) is 12.5 Å². The van der Waals surface area contributed by atoms with E-state index in [1.807, 2.05) is 39.0 Å². The molecular formula is C17H23N3O. The summed E-state index contributed by atoms with van der Waals surface area (Å²) in [7, 11) is 0. The smallest absolute Gasteiger partial charge is 0.246 e. The Hall–Kier alpha value is -2.10. The Kier molecular flexibility index (Phi) is 4.46. The Morgan fingerprint density at radius 3 is 2.57 bits per heavy atom. The fraction of sp³-hybridized carbons (Fsp3) is 0.412. The van der Waals surface area contributed by atoms with Crippen LogP contribution in [-0.2, 0) is 11.3 Å². The van der Waals surface area contributed by atoms with Crippen LogP contribution in [0.1, 0.15) is 42.3 Å². The van der Waals surface area contributed by atoms with Gasteiger partial charge in [0.1, 0.15) is 6.54 Å². The first kappa shape index (κ1) is 15.3. The van der Waals surface area contributed by atoms with Crippen LogP contribution in [0.25, 0.3) is 0 Å². The molecular weight excluding hydrogens is 262 g/mol. The molecule has 0 spiro atoms. The van der Waals surface area contributed by atoms with Crippen molar-refractivity contribution < 1.29 is 4.79 Å². The Bertz CT molecular complexity index is 656. The summed E-state index contributed by atoms with van der Waals surface area (Å²) in [5, 5.41) is 7.37. The average Bonchev–Trinajstić information content (AvgIpc) is 2.70. The van der Waals surface area contributed by atoms with Crippen molar-refractivity contribution in [3.8, 4) is 0 Å². The van der Waals surface area contributed by atoms with E-state index in [2.05, 4.69) is 30.3 Å². The zero-order chi connectivity index (χ0) is 15.6. The zero-order valence-corrected chi connectivity index (χ0v) is 13.4. The number of hydrogen-bond acceptors (Lipinski definition) is 2. The highest BCUT2D eigenvalue weighted by atomic mass is 16.2. The van der Waals surface area contributed by atoms with E-state index < -0.39 is 0 Å². The second kappa shape index (κ2) is 6.12. The van der Waals surface area contributed by atoms with Crippen LogP contribution in [0.2, 0.25) is 0 Å². The van der Waals surface area contributed by atoms with E-state index in [1.165, 1.54) is 0 Å². The fourth-order valence-electron chi connectivity index (χ4n) is 2.49. The van der Waals surface area contributed by atoms with Crippen molar-refractivity contribution in [3.05, 3.63) is 46.8 Å². The average molecular weight is 285 g/mol. The first-order valence-corrected chi connectivity index (χ1v) is 7.29. The second-order valence-corrected chi connectivity index (χ2v) is 5.83. The molecule has 1 heterocycles. The van der Waals surface area contributed by atoms with Gasteiger partial charge in [-0.3, -0.25) is 9.48 Å². The van der Waals surface area contributed by atoms with Gasteiger partial charge in [-0.1, -0.05) is 32.0 Å². The van der Waals surface area contributed by atoms with Crippen molar-refractivity contribution in [2.24, 2.45) is 0 Å². The van der Waals surface area contributed by atoms with Crippen molar-refractivity contribution in [3.63, 3.8) is 0 Å². The molecule has 2 aromatic rings. The minimum Gasteiger partial charge on any atom is -0.324 e. The Labute approximate surface area is 126 Å². The quantitative estimate of drug-likeness (QED) is 0.933. The minimum absolute atomic E-state index is 0.0441. The molecule has 1 amide bonds. The normalized spacial score (nSPS) is 11.0. The van der Waals surface area contributed by atoms with Crippen LogP contribution in [0.4, 0.5) is 5.69 Å². The van der Waals surface area contributed by atoms with Crippen molar-refractivity contribution >= 4 is 11.6 Å². The van der Waals surface area contributed by atoms with Gasteiger partial charge in [0.15, 0.2) is 0 Å². The lowest BCUT2D eigenvalue weighted by atomic mass is 9.98. The molecule has 0 bridgehead atoms. The van der Waals surface area contributed by atoms with E-state index in [4.69, 9.17) is 0 Å². The van der Waals surface area contributed by atoms with Crippen molar-refractivity contribution in [1.82, 2.24) is 9.78 Å². The summed E-state index contributed by atoms with van der Waals surface area (Å²) in [5.74, 6) is 0.325. The third-order valence-corrected chi connectivity index (χ3v) is 3.59. The van der Waals surface area contributed by atoms with Gasteiger partial charge < -0.3 is 5.32 Å². The number of nitrogens with one attached hydrogen (secondary N) is 1. The SMILES string of the molecule is Cc1cc(C)n(CC(=O)Nc2c(C)cccc2C(C)C)n1. The summed E-state index contributed by atoms with van der Waals surface area (Å²) in [6.45, 7) is 10.4. The van der Waals surface area contributed by atoms with Crippen molar-refractivity contribution in [1.29, 1.82) is 0 Å². The minimum atomic E-state index is -0.0441. The van der Waals surface area contributed by atoms with E-state index in [1.54, 1.807) is 4.68 Å². The number of aromatic nitrogens is 2. The van der Waals surface area contributed by atoms with Gasteiger partial charge >= 0.3 is 0 Å². The number of amides is 1. The maximum absolute atomic E-state index is 12.3. The van der Waals surface area contributed by atoms with Gasteiger partial charge in [-0.25, -0.2) is 0 Å². The van der Waals surface area contributed by atoms with Gasteiger partial charge in [-0.05, 0) is 43.9 Å². The first-order chi connectivity index (χ1) is 9.88. The molecule has 21 heavy (non-hydrogen) atoms. The molecule has 0 aliphatic rings. The number of aryl methyl sites for hydroxylation is 3. The molecule has 0 aliphatic carbocycles. The number of para-hydroxylation sites is 1. The van der Waals surface area contributed by atoms with Crippen LogP contribution >= 0.6 is 0 Å². The summed E-state index contributed by atoms with van der Waals surface area (Å²) in [6.07, 6.45) is 0. The summed E-state index contributed by atoms with van der Waals surface area (Å²) < 4.78 is 1.73. The molecule has 1 aromatic heterocycles. The maximum atomic E-state index is 12.3. The molecule has 1 aromatic carbocycles. The largest absolute Gasteiger partial charge is 0.324 e. The molecule has 0 aliphatic heterocycles. The number of hydrogen-bond donors (Lipinski definition) is 1. The summed E-state index contributed by atoms with van der Waals surface area (Å²) in [5.41, 5.74) is 5.11. The summed E-state index contributed by atoms with van der Waals surface area (Å²) in [4.78, 5) is 12.3. The van der Waals surface area contributed by atoms with Gasteiger partial charge in [-0.2, -0.15) is 5.10 Å². The fourth-order valence-corrected chi connectivity index (χ4v) is 2.49. The molecule has 0 atom stereocenters. The summed E-state index contributed by atoms with van der Waals surface area (Å²) >= 11 is 0. The van der Waals surface area contributed by atoms with Gasteiger partial charge in [0.25, 0.3) is 0 Å². The highest BCUT2D eigenvalue weighted by molar-refractivity contribution is 5.92. The van der Waals surface area contributed by atoms with Crippen molar-refractivity contribution in [2.45, 2.75) is 47.1 Å². The first-order valence-electron chi connectivity index (χ1n) is 7.29. The van der Waals surface area contributed by atoms with Crippen LogP contribution in [0.15, 0.2) is 24.3 Å². The molecule has 0 saturated carbocycles. The number of carbonyl (C=O) groups is 1. The van der Waals surface area contributed by atoms with Crippen LogP contribution < -0.4 is 5.32 Å². The number of nitrogens with zero attached hydrogens (tertiary/aromatic N) is 2. The number of benzene rings is 1. The molecule has 0 radical (unpaired) electrons. The van der Waals surface area contributed by atoms with E-state index in [0.717, 1.165) is 28.2 Å². The third-order valence-electron chi connectivity index (χ3n) is 3.59. The zero-order valence-electron chi connectivity index (χ0n) is 13.4. The Morgan fingerprint density at radius 1 is 1.29 bits per heavy atom. The lowest BCUT2D eigenvalue weighted by Gasteiger charge is -2.16. The van der Waals surface area contributed by atoms with Crippen LogP contribution in [0.5, 0.6) is 0 Å². The molecule has 0 unspecified atom stereocenters. The highest BCUT2D eigenvalue weighted by Crippen LogP contribution is 2.27. The lowest BCUT2D eigenvalue weighted by molar-refractivity contribution is -0.116. The van der Waals surface area contributed by atoms with E-state index >= 15 is 0 Å². The topological polar surface area (TPSA) is 46.9 Å². The highest BCUT2D eigenvalue weighted by Gasteiger charge is 2.13. The van der Waals surface area contributed by atoms with Gasteiger partial charge in [-0.15, -0.1) is 0 Å². The predicted molar refractivity (Wildman–Crippen MR) is 85.6 cm³/mol.